The number of amides is 3. The first-order valence-corrected chi connectivity index (χ1v) is 25.4. The van der Waals surface area contributed by atoms with E-state index in [4.69, 9.17) is 34.7 Å². The van der Waals surface area contributed by atoms with E-state index in [1.165, 1.54) is 64.2 Å². The van der Waals surface area contributed by atoms with Crippen molar-refractivity contribution < 1.29 is 14.4 Å². The standard InChI is InChI=1S/C29H41ClN6O2.C22H30ClN5O.CH4/c1-2-6-25(31)18-27(37)34-26(17-22-9-11-24(30)12-10-22)28(38)35-15-13-29(14-16-35,19-36-21-32-20-33-36)23-7-4-3-5-8-23;23-19-8-6-17(7-9-19)14-20(24)21(29)27-12-10-22(11-13-27,28-16-25-15-26-28)18-4-2-1-3-5-18;/h2,9-12,20-21,23,25-26H,1,3-8,13-19,31H2,(H,34,37);6-9,15-16,18,20H,1-5,10-14,24H2;1H4/t25-,26-;20-;/m11./s1. The van der Waals surface area contributed by atoms with Gasteiger partial charge in [0.25, 0.3) is 0 Å². The van der Waals surface area contributed by atoms with Gasteiger partial charge >= 0.3 is 0 Å². The summed E-state index contributed by atoms with van der Waals surface area (Å²) in [6, 6.07) is 13.5. The lowest BCUT2D eigenvalue weighted by atomic mass is 9.63. The Morgan fingerprint density at radius 2 is 1.25 bits per heavy atom. The number of halogens is 2. The number of likely N-dealkylation sites (tertiary alicyclic amines) is 2. The minimum atomic E-state index is -0.655. The molecule has 14 nitrogen and oxygen atoms in total. The summed E-state index contributed by atoms with van der Waals surface area (Å²) in [6.45, 7) is 7.34. The number of nitrogens with zero attached hydrogens (tertiary/aromatic N) is 8. The monoisotopic (exact) mass is 972 g/mol. The Morgan fingerprint density at radius 1 is 0.721 bits per heavy atom. The first-order chi connectivity index (χ1) is 32.5. The van der Waals surface area contributed by atoms with E-state index in [2.05, 4.69) is 36.7 Å². The molecule has 68 heavy (non-hydrogen) atoms. The van der Waals surface area contributed by atoms with Gasteiger partial charge in [0, 0.05) is 61.7 Å². The van der Waals surface area contributed by atoms with Gasteiger partial charge in [0.1, 0.15) is 31.4 Å². The van der Waals surface area contributed by atoms with Gasteiger partial charge in [-0.25, -0.2) is 14.6 Å². The minimum absolute atomic E-state index is 0. The third-order valence-corrected chi connectivity index (χ3v) is 15.8. The summed E-state index contributed by atoms with van der Waals surface area (Å²) in [5.74, 6) is 1.03. The second-order valence-electron chi connectivity index (χ2n) is 19.6. The molecule has 2 saturated carbocycles. The molecule has 2 aliphatic carbocycles. The second kappa shape index (κ2) is 25.3. The van der Waals surface area contributed by atoms with Crippen LogP contribution in [0.1, 0.15) is 121 Å². The molecule has 4 fully saturated rings. The molecule has 2 aliphatic heterocycles. The zero-order valence-corrected chi connectivity index (χ0v) is 40.6. The van der Waals surface area contributed by atoms with Gasteiger partial charge in [-0.1, -0.05) is 99.5 Å². The maximum atomic E-state index is 13.8. The lowest BCUT2D eigenvalue weighted by Crippen LogP contribution is -2.55. The maximum absolute atomic E-state index is 13.8. The van der Waals surface area contributed by atoms with Crippen LogP contribution in [0.5, 0.6) is 0 Å². The van der Waals surface area contributed by atoms with Gasteiger partial charge in [-0.2, -0.15) is 10.2 Å². The van der Waals surface area contributed by atoms with Crippen molar-refractivity contribution in [3.63, 3.8) is 0 Å². The number of piperidine rings is 2. The summed E-state index contributed by atoms with van der Waals surface area (Å²) in [6.07, 6.45) is 26.6. The zero-order valence-electron chi connectivity index (χ0n) is 39.1. The summed E-state index contributed by atoms with van der Waals surface area (Å²) in [7, 11) is 0. The Bertz CT molecular complexity index is 2140. The van der Waals surface area contributed by atoms with Gasteiger partial charge in [-0.05, 0) is 117 Å². The highest BCUT2D eigenvalue weighted by Crippen LogP contribution is 2.47. The van der Waals surface area contributed by atoms with Crippen molar-refractivity contribution in [3.8, 4) is 0 Å². The molecular formula is C52H75Cl2N11O3. The number of carbonyl (C=O) groups excluding carboxylic acids is 3. The lowest BCUT2D eigenvalue weighted by Gasteiger charge is -2.48. The van der Waals surface area contributed by atoms with Crippen LogP contribution in [-0.4, -0.2) is 101 Å². The number of carbonyl (C=O) groups is 3. The van der Waals surface area contributed by atoms with Gasteiger partial charge in [-0.15, -0.1) is 6.58 Å². The third-order valence-electron chi connectivity index (χ3n) is 15.3. The number of nitrogens with two attached hydrogens (primary N) is 2. The van der Waals surface area contributed by atoms with Crippen LogP contribution in [0.4, 0.5) is 0 Å². The molecule has 2 aromatic heterocycles. The molecule has 4 aliphatic rings. The van der Waals surface area contributed by atoms with E-state index in [9.17, 15) is 14.4 Å². The van der Waals surface area contributed by atoms with Crippen LogP contribution >= 0.6 is 23.2 Å². The average Bonchev–Trinajstić information content (AvgIpc) is 4.10. The van der Waals surface area contributed by atoms with E-state index in [1.807, 2.05) is 69.3 Å². The van der Waals surface area contributed by atoms with E-state index in [0.717, 1.165) is 56.4 Å². The van der Waals surface area contributed by atoms with Gasteiger partial charge in [-0.3, -0.25) is 19.1 Å². The van der Waals surface area contributed by atoms with Crippen LogP contribution < -0.4 is 16.8 Å². The summed E-state index contributed by atoms with van der Waals surface area (Å²) >= 11 is 12.0. The van der Waals surface area contributed by atoms with Crippen LogP contribution in [0.25, 0.3) is 0 Å². The summed E-state index contributed by atoms with van der Waals surface area (Å²) in [5, 5.41) is 13.2. The number of nitrogens with one attached hydrogen (secondary N) is 1. The normalized spacial score (nSPS) is 19.9. The van der Waals surface area contributed by atoms with Crippen LogP contribution in [-0.2, 0) is 39.3 Å². The number of hydrogen-bond donors (Lipinski definition) is 3. The Morgan fingerprint density at radius 3 is 1.79 bits per heavy atom. The van der Waals surface area contributed by atoms with Gasteiger partial charge < -0.3 is 26.6 Å². The van der Waals surface area contributed by atoms with Gasteiger partial charge in [0.05, 0.1) is 11.6 Å². The summed E-state index contributed by atoms with van der Waals surface area (Å²) in [4.78, 5) is 51.9. The van der Waals surface area contributed by atoms with Crippen molar-refractivity contribution in [2.24, 2.45) is 28.7 Å². The van der Waals surface area contributed by atoms with Crippen molar-refractivity contribution in [1.29, 1.82) is 0 Å². The molecule has 0 unspecified atom stereocenters. The molecule has 2 saturated heterocycles. The molecule has 3 amide bonds. The topological polar surface area (TPSA) is 183 Å². The van der Waals surface area contributed by atoms with Crippen LogP contribution in [0.15, 0.2) is 86.5 Å². The number of rotatable bonds is 16. The highest BCUT2D eigenvalue weighted by atomic mass is 35.5. The number of benzene rings is 2. The fourth-order valence-corrected chi connectivity index (χ4v) is 11.8. The number of aromatic nitrogens is 6. The van der Waals surface area contributed by atoms with E-state index >= 15 is 0 Å². The van der Waals surface area contributed by atoms with E-state index in [1.54, 1.807) is 25.1 Å². The first kappa shape index (κ1) is 52.7. The first-order valence-electron chi connectivity index (χ1n) is 24.6. The molecule has 4 aromatic rings. The predicted octanol–water partition coefficient (Wildman–Crippen LogP) is 8.18. The van der Waals surface area contributed by atoms with Crippen molar-refractivity contribution in [2.45, 2.75) is 153 Å². The molecule has 8 rings (SSSR count). The van der Waals surface area contributed by atoms with Crippen molar-refractivity contribution in [2.75, 3.05) is 26.2 Å². The van der Waals surface area contributed by atoms with Crippen molar-refractivity contribution in [3.05, 3.63) is 108 Å². The largest absolute Gasteiger partial charge is 0.344 e. The molecule has 4 heterocycles. The van der Waals surface area contributed by atoms with Crippen LogP contribution in [0.2, 0.25) is 10.0 Å². The van der Waals surface area contributed by atoms with E-state index in [-0.39, 0.29) is 48.6 Å². The molecule has 0 spiro atoms. The molecule has 0 radical (unpaired) electrons. The highest BCUT2D eigenvalue weighted by molar-refractivity contribution is 6.30. The van der Waals surface area contributed by atoms with Gasteiger partial charge in [0.15, 0.2) is 0 Å². The fourth-order valence-electron chi connectivity index (χ4n) is 11.5. The second-order valence-corrected chi connectivity index (χ2v) is 20.5. The molecule has 3 atom stereocenters. The smallest absolute Gasteiger partial charge is 0.245 e. The predicted molar refractivity (Wildman–Crippen MR) is 270 cm³/mol. The fraction of sp³-hybridized carbons (Fsp3) is 0.596. The average molecular weight is 973 g/mol. The van der Waals surface area contributed by atoms with Gasteiger partial charge in [0.2, 0.25) is 17.7 Å². The van der Waals surface area contributed by atoms with E-state index < -0.39 is 12.1 Å². The quantitative estimate of drug-likeness (QED) is 0.0933. The SMILES string of the molecule is C.C=CC[C@@H](N)CC(=O)N[C@H](Cc1ccc(Cl)cc1)C(=O)N1CCC(Cn2cncn2)(C2CCCCC2)CC1.N[C@H](Cc1ccc(Cl)cc1)C(=O)N1CCC(C2CCCCC2)(n2cncn2)CC1. The molecule has 5 N–H and O–H groups in total. The number of hydrogen-bond acceptors (Lipinski definition) is 9. The third kappa shape index (κ3) is 13.8. The summed E-state index contributed by atoms with van der Waals surface area (Å²) < 4.78 is 4.04. The molecule has 2 aromatic carbocycles. The molecule has 370 valence electrons. The minimum Gasteiger partial charge on any atom is -0.344 e. The maximum Gasteiger partial charge on any atom is 0.245 e. The van der Waals surface area contributed by atoms with E-state index in [0.29, 0.717) is 54.2 Å². The highest BCUT2D eigenvalue weighted by Gasteiger charge is 2.46. The Kier molecular flexibility index (Phi) is 19.6. The molecule has 16 heteroatoms. The van der Waals surface area contributed by atoms with Crippen molar-refractivity contribution in [1.82, 2.24) is 44.6 Å². The molecule has 0 bridgehead atoms. The van der Waals surface area contributed by atoms with Crippen LogP contribution in [0, 0.1) is 17.3 Å². The molecular weight excluding hydrogens is 898 g/mol. The van der Waals surface area contributed by atoms with Crippen molar-refractivity contribution >= 4 is 40.9 Å². The Labute approximate surface area is 414 Å². The summed E-state index contributed by atoms with van der Waals surface area (Å²) in [5.41, 5.74) is 14.4. The lowest BCUT2D eigenvalue weighted by molar-refractivity contribution is -0.139. The zero-order chi connectivity index (χ0) is 47.2. The Hall–Kier alpha value is -4.63. The Balaban J connectivity index is 0.000000228. The van der Waals surface area contributed by atoms with Crippen LogP contribution in [0.3, 0.4) is 0 Å².